The lowest BCUT2D eigenvalue weighted by Crippen LogP contribution is -2.43. The Hall–Kier alpha value is -2.10. The highest BCUT2D eigenvalue weighted by molar-refractivity contribution is 7.90. The van der Waals surface area contributed by atoms with Crippen molar-refractivity contribution in [2.24, 2.45) is 0 Å². The molecule has 0 radical (unpaired) electrons. The lowest BCUT2D eigenvalue weighted by Gasteiger charge is -2.14. The largest absolute Gasteiger partial charge is 0.480 e. The van der Waals surface area contributed by atoms with Crippen LogP contribution in [0, 0.1) is 0 Å². The average Bonchev–Trinajstić information content (AvgIpc) is 2.75. The molecule has 0 aromatic carbocycles. The molecule has 10 heteroatoms. The van der Waals surface area contributed by atoms with Crippen molar-refractivity contribution in [2.45, 2.75) is 12.5 Å². The number of aliphatic carboxylic acids is 1. The van der Waals surface area contributed by atoms with Gasteiger partial charge in [-0.1, -0.05) is 0 Å². The van der Waals surface area contributed by atoms with E-state index in [1.165, 1.54) is 12.4 Å². The van der Waals surface area contributed by atoms with Gasteiger partial charge in [0.05, 0.1) is 17.6 Å². The van der Waals surface area contributed by atoms with Crippen LogP contribution in [0.1, 0.15) is 6.42 Å². The highest BCUT2D eigenvalue weighted by Crippen LogP contribution is 2.02. The zero-order valence-corrected chi connectivity index (χ0v) is 10.9. The average molecular weight is 290 g/mol. The summed E-state index contributed by atoms with van der Waals surface area (Å²) in [5.74, 6) is -1.62. The van der Waals surface area contributed by atoms with Crippen LogP contribution in [0.3, 0.4) is 0 Å². The van der Waals surface area contributed by atoms with Gasteiger partial charge in [0.15, 0.2) is 0 Å². The predicted octanol–water partition coefficient (Wildman–Crippen LogP) is -0.581. The van der Waals surface area contributed by atoms with Gasteiger partial charge in [-0.15, -0.1) is 0 Å². The molecule has 0 aliphatic heterocycles. The van der Waals surface area contributed by atoms with E-state index >= 15 is 0 Å². The summed E-state index contributed by atoms with van der Waals surface area (Å²) in [6.07, 6.45) is 3.54. The summed E-state index contributed by atoms with van der Waals surface area (Å²) in [5.41, 5.74) is 0.366. The van der Waals surface area contributed by atoms with Crippen molar-refractivity contribution >= 4 is 27.5 Å². The lowest BCUT2D eigenvalue weighted by atomic mass is 10.2. The molecule has 0 saturated heterocycles. The fraction of sp³-hybridized carbons (Fsp3) is 0.444. The van der Waals surface area contributed by atoms with Gasteiger partial charge in [-0.3, -0.25) is 5.10 Å². The van der Waals surface area contributed by atoms with Crippen LogP contribution in [0.15, 0.2) is 12.4 Å². The zero-order chi connectivity index (χ0) is 14.5. The molecule has 1 heterocycles. The van der Waals surface area contributed by atoms with Crippen molar-refractivity contribution in [3.05, 3.63) is 12.4 Å². The summed E-state index contributed by atoms with van der Waals surface area (Å²) in [7, 11) is -3.29. The van der Waals surface area contributed by atoms with Gasteiger partial charge in [-0.25, -0.2) is 18.0 Å². The standard InChI is InChI=1S/C9H14N4O5S/c1-19(17,18)3-2-7(8(14)15)13-9(16)12-6-4-10-11-5-6/h4-5,7H,2-3H2,1H3,(H,10,11)(H,14,15)(H2,12,13,16). The molecule has 0 saturated carbocycles. The third-order valence-corrected chi connectivity index (χ3v) is 3.11. The Morgan fingerprint density at radius 3 is 2.68 bits per heavy atom. The van der Waals surface area contributed by atoms with Crippen LogP contribution in [0.25, 0.3) is 0 Å². The summed E-state index contributed by atoms with van der Waals surface area (Å²) in [4.78, 5) is 22.4. The summed E-state index contributed by atoms with van der Waals surface area (Å²) in [5, 5.41) is 19.5. The summed E-state index contributed by atoms with van der Waals surface area (Å²) >= 11 is 0. The monoisotopic (exact) mass is 290 g/mol. The smallest absolute Gasteiger partial charge is 0.326 e. The van der Waals surface area contributed by atoms with Gasteiger partial charge < -0.3 is 15.7 Å². The second-order valence-electron chi connectivity index (χ2n) is 3.89. The number of carbonyl (C=O) groups excluding carboxylic acids is 1. The quantitative estimate of drug-likeness (QED) is 0.552. The van der Waals surface area contributed by atoms with Crippen LogP contribution in [-0.2, 0) is 14.6 Å². The number of anilines is 1. The van der Waals surface area contributed by atoms with Crippen molar-refractivity contribution in [1.29, 1.82) is 0 Å². The van der Waals surface area contributed by atoms with E-state index in [0.717, 1.165) is 6.26 Å². The Morgan fingerprint density at radius 2 is 2.21 bits per heavy atom. The molecule has 1 rings (SSSR count). The number of aromatic amines is 1. The first kappa shape index (κ1) is 15.0. The number of hydrogen-bond donors (Lipinski definition) is 4. The third-order valence-electron chi connectivity index (χ3n) is 2.14. The van der Waals surface area contributed by atoms with Crippen molar-refractivity contribution in [2.75, 3.05) is 17.3 Å². The number of hydrogen-bond acceptors (Lipinski definition) is 5. The molecule has 0 fully saturated rings. The van der Waals surface area contributed by atoms with Gasteiger partial charge in [-0.2, -0.15) is 5.10 Å². The second-order valence-corrected chi connectivity index (χ2v) is 6.15. The minimum Gasteiger partial charge on any atom is -0.480 e. The molecular formula is C9H14N4O5S. The molecular weight excluding hydrogens is 276 g/mol. The summed E-state index contributed by atoms with van der Waals surface area (Å²) in [6.45, 7) is 0. The molecule has 1 unspecified atom stereocenters. The molecule has 0 bridgehead atoms. The molecule has 0 aliphatic carbocycles. The van der Waals surface area contributed by atoms with Crippen molar-refractivity contribution in [3.63, 3.8) is 0 Å². The van der Waals surface area contributed by atoms with Gasteiger partial charge in [0.25, 0.3) is 0 Å². The molecule has 1 aromatic rings. The van der Waals surface area contributed by atoms with Crippen LogP contribution >= 0.6 is 0 Å². The van der Waals surface area contributed by atoms with E-state index in [4.69, 9.17) is 5.11 Å². The fourth-order valence-corrected chi connectivity index (χ4v) is 1.90. The fourth-order valence-electron chi connectivity index (χ4n) is 1.23. The number of carboxylic acids is 1. The Labute approximate surface area is 109 Å². The van der Waals surface area contributed by atoms with E-state index in [0.29, 0.717) is 5.69 Å². The Morgan fingerprint density at radius 1 is 1.53 bits per heavy atom. The second kappa shape index (κ2) is 6.18. The number of amides is 2. The third kappa shape index (κ3) is 5.86. The van der Waals surface area contributed by atoms with E-state index in [9.17, 15) is 18.0 Å². The number of aromatic nitrogens is 2. The summed E-state index contributed by atoms with van der Waals surface area (Å²) in [6, 6.07) is -2.02. The highest BCUT2D eigenvalue weighted by atomic mass is 32.2. The van der Waals surface area contributed by atoms with Crippen LogP contribution in [-0.4, -0.2) is 53.8 Å². The molecule has 19 heavy (non-hydrogen) atoms. The van der Waals surface area contributed by atoms with Crippen molar-refractivity contribution in [1.82, 2.24) is 15.5 Å². The van der Waals surface area contributed by atoms with E-state index < -0.39 is 27.9 Å². The topological polar surface area (TPSA) is 141 Å². The van der Waals surface area contributed by atoms with Crippen molar-refractivity contribution in [3.8, 4) is 0 Å². The number of nitrogens with one attached hydrogen (secondary N) is 3. The van der Waals surface area contributed by atoms with Crippen LogP contribution < -0.4 is 10.6 Å². The van der Waals surface area contributed by atoms with Crippen LogP contribution in [0.4, 0.5) is 10.5 Å². The molecule has 0 spiro atoms. The Bertz CT molecular complexity index is 539. The minimum atomic E-state index is -3.29. The first-order valence-corrected chi connectivity index (χ1v) is 7.31. The van der Waals surface area contributed by atoms with Gasteiger partial charge in [-0.05, 0) is 6.42 Å². The van der Waals surface area contributed by atoms with Gasteiger partial charge in [0.2, 0.25) is 0 Å². The Kier molecular flexibility index (Phi) is 4.87. The maximum atomic E-state index is 11.5. The number of nitrogens with zero attached hydrogens (tertiary/aromatic N) is 1. The zero-order valence-electron chi connectivity index (χ0n) is 10.1. The van der Waals surface area contributed by atoms with E-state index in [2.05, 4.69) is 20.8 Å². The van der Waals surface area contributed by atoms with Gasteiger partial charge in [0.1, 0.15) is 15.9 Å². The van der Waals surface area contributed by atoms with Crippen molar-refractivity contribution < 1.29 is 23.1 Å². The molecule has 9 nitrogen and oxygen atoms in total. The molecule has 106 valence electrons. The van der Waals surface area contributed by atoms with Gasteiger partial charge in [0, 0.05) is 12.5 Å². The molecule has 2 amide bonds. The predicted molar refractivity (Wildman–Crippen MR) is 66.5 cm³/mol. The molecule has 1 atom stereocenters. The lowest BCUT2D eigenvalue weighted by molar-refractivity contribution is -0.139. The van der Waals surface area contributed by atoms with E-state index in [1.54, 1.807) is 0 Å². The Balaban J connectivity index is 2.53. The van der Waals surface area contributed by atoms with Gasteiger partial charge >= 0.3 is 12.0 Å². The number of sulfone groups is 1. The molecule has 1 aromatic heterocycles. The number of H-pyrrole nitrogens is 1. The maximum absolute atomic E-state index is 11.5. The molecule has 4 N–H and O–H groups in total. The molecule has 0 aliphatic rings. The van der Waals surface area contributed by atoms with E-state index in [-0.39, 0.29) is 12.2 Å². The number of carboxylic acid groups (broad SMARTS) is 1. The summed E-state index contributed by atoms with van der Waals surface area (Å²) < 4.78 is 21.9. The first-order valence-electron chi connectivity index (χ1n) is 5.25. The SMILES string of the molecule is CS(=O)(=O)CCC(NC(=O)Nc1cn[nH]c1)C(=O)O. The maximum Gasteiger partial charge on any atom is 0.326 e. The van der Waals surface area contributed by atoms with E-state index in [1.807, 2.05) is 0 Å². The number of rotatable bonds is 6. The first-order chi connectivity index (χ1) is 8.78. The number of carbonyl (C=O) groups is 2. The van der Waals surface area contributed by atoms with Crippen LogP contribution in [0.2, 0.25) is 0 Å². The minimum absolute atomic E-state index is 0.201. The number of urea groups is 1. The highest BCUT2D eigenvalue weighted by Gasteiger charge is 2.21. The van der Waals surface area contributed by atoms with Crippen LogP contribution in [0.5, 0.6) is 0 Å². The normalized spacial score (nSPS) is 12.7.